The van der Waals surface area contributed by atoms with Crippen molar-refractivity contribution >= 4 is 11.4 Å². The number of nitrogens with one attached hydrogen (secondary N) is 1. The van der Waals surface area contributed by atoms with Gasteiger partial charge in [0.05, 0.1) is 18.4 Å². The van der Waals surface area contributed by atoms with Crippen LogP contribution in [0.2, 0.25) is 0 Å². The van der Waals surface area contributed by atoms with Gasteiger partial charge in [-0.25, -0.2) is 0 Å². The lowest BCUT2D eigenvalue weighted by Crippen LogP contribution is -2.54. The molecule has 8 heteroatoms. The fourth-order valence-corrected chi connectivity index (χ4v) is 5.29. The number of likely N-dealkylation sites (tertiary alicyclic amines) is 1. The number of hydrogen-bond acceptors (Lipinski definition) is 6. The zero-order valence-corrected chi connectivity index (χ0v) is 19.8. The minimum Gasteiger partial charge on any atom is -0.322 e. The molecule has 8 nitrogen and oxygen atoms in total. The van der Waals surface area contributed by atoms with Gasteiger partial charge < -0.3 is 10.2 Å². The first-order valence-electron chi connectivity index (χ1n) is 12.3. The highest BCUT2D eigenvalue weighted by Crippen LogP contribution is 2.34. The fraction of sp³-hybridized carbons (Fsp3) is 0.407. The maximum Gasteiger partial charge on any atom is 0.267 e. The van der Waals surface area contributed by atoms with E-state index < -0.39 is 5.41 Å². The van der Waals surface area contributed by atoms with E-state index in [0.29, 0.717) is 32.6 Å². The molecule has 0 radical (unpaired) electrons. The van der Waals surface area contributed by atoms with Gasteiger partial charge >= 0.3 is 0 Å². The molecule has 2 saturated heterocycles. The molecule has 3 aromatic rings. The van der Waals surface area contributed by atoms with Crippen molar-refractivity contribution in [2.75, 3.05) is 32.8 Å². The summed E-state index contributed by atoms with van der Waals surface area (Å²) in [5.41, 5.74) is 0.894. The Kier molecular flexibility index (Phi) is 6.62. The van der Waals surface area contributed by atoms with E-state index in [0.717, 1.165) is 37.1 Å². The monoisotopic (exact) mass is 470 g/mol. The number of pyridine rings is 3. The van der Waals surface area contributed by atoms with Crippen LogP contribution < -0.4 is 10.9 Å². The van der Waals surface area contributed by atoms with Crippen LogP contribution in [0.4, 0.5) is 0 Å². The van der Waals surface area contributed by atoms with Crippen molar-refractivity contribution in [2.24, 2.45) is 0 Å². The lowest BCUT2D eigenvalue weighted by molar-refractivity contribution is 0.0378. The molecule has 0 saturated carbocycles. The van der Waals surface area contributed by atoms with Crippen LogP contribution in [0, 0.1) is 11.3 Å². The lowest BCUT2D eigenvalue weighted by atomic mass is 9.76. The van der Waals surface area contributed by atoms with Crippen LogP contribution in [-0.2, 0) is 5.41 Å². The summed E-state index contributed by atoms with van der Waals surface area (Å²) in [5.74, 6) is -0.220. The summed E-state index contributed by atoms with van der Waals surface area (Å²) in [7, 11) is 0. The standard InChI is InChI=1S/C27H30N6O2/c28-19-27(24-6-1-3-13-30-24)11-17-31(18-12-27)20-33(22-9-14-29-15-10-22)26(35)23-8-7-21-5-2-4-16-32(21)25(23)34/h1-8,13,16,22,29H,9-12,14-15,17-18,20H2. The molecule has 5 rings (SSSR count). The van der Waals surface area contributed by atoms with Crippen molar-refractivity contribution in [3.05, 3.63) is 82.5 Å². The van der Waals surface area contributed by atoms with Crippen molar-refractivity contribution in [2.45, 2.75) is 37.1 Å². The van der Waals surface area contributed by atoms with E-state index >= 15 is 0 Å². The quantitative estimate of drug-likeness (QED) is 0.616. The van der Waals surface area contributed by atoms with Crippen LogP contribution in [0.3, 0.4) is 0 Å². The van der Waals surface area contributed by atoms with E-state index in [1.165, 1.54) is 4.40 Å². The van der Waals surface area contributed by atoms with Crippen LogP contribution in [0.1, 0.15) is 41.7 Å². The number of carbonyl (C=O) groups excluding carboxylic acids is 1. The minimum absolute atomic E-state index is 0.0676. The molecule has 0 atom stereocenters. The number of piperidine rings is 2. The predicted octanol–water partition coefficient (Wildman–Crippen LogP) is 2.40. The summed E-state index contributed by atoms with van der Waals surface area (Å²) in [6, 6.07) is 17.3. The minimum atomic E-state index is -0.599. The highest BCUT2D eigenvalue weighted by atomic mass is 16.2. The van der Waals surface area contributed by atoms with E-state index in [1.54, 1.807) is 24.5 Å². The van der Waals surface area contributed by atoms with Gasteiger partial charge in [0.15, 0.2) is 0 Å². The van der Waals surface area contributed by atoms with Crippen molar-refractivity contribution in [3.8, 4) is 6.07 Å². The van der Waals surface area contributed by atoms with Crippen molar-refractivity contribution in [1.29, 1.82) is 5.26 Å². The average Bonchev–Trinajstić information content (AvgIpc) is 2.93. The summed E-state index contributed by atoms with van der Waals surface area (Å²) in [6.45, 7) is 3.53. The van der Waals surface area contributed by atoms with E-state index in [4.69, 9.17) is 0 Å². The number of amides is 1. The first-order valence-corrected chi connectivity index (χ1v) is 12.3. The van der Waals surface area contributed by atoms with Gasteiger partial charge in [0.1, 0.15) is 11.0 Å². The van der Waals surface area contributed by atoms with Gasteiger partial charge in [-0.3, -0.25) is 23.9 Å². The SMILES string of the molecule is N#CC1(c2ccccn2)CCN(CN(C(=O)c2ccc3ccccn3c2=O)C2CCNCC2)CC1. The van der Waals surface area contributed by atoms with Crippen molar-refractivity contribution in [1.82, 2.24) is 24.5 Å². The topological polar surface area (TPSA) is 93.7 Å². The Balaban J connectivity index is 1.38. The van der Waals surface area contributed by atoms with Crippen molar-refractivity contribution < 1.29 is 4.79 Å². The molecular formula is C27H30N6O2. The number of hydrogen-bond donors (Lipinski definition) is 1. The molecule has 35 heavy (non-hydrogen) atoms. The smallest absolute Gasteiger partial charge is 0.267 e. The molecule has 0 aromatic carbocycles. The third kappa shape index (κ3) is 4.57. The largest absolute Gasteiger partial charge is 0.322 e. The Morgan fingerprint density at radius 3 is 2.60 bits per heavy atom. The Labute approximate surface area is 204 Å². The molecule has 3 aromatic heterocycles. The maximum absolute atomic E-state index is 13.8. The van der Waals surface area contributed by atoms with Crippen LogP contribution in [0.5, 0.6) is 0 Å². The molecule has 0 spiro atoms. The molecule has 0 aliphatic carbocycles. The predicted molar refractivity (Wildman–Crippen MR) is 133 cm³/mol. The summed E-state index contributed by atoms with van der Waals surface area (Å²) in [6.07, 6.45) is 6.46. The average molecular weight is 471 g/mol. The number of carbonyl (C=O) groups is 1. The van der Waals surface area contributed by atoms with Crippen LogP contribution in [0.25, 0.3) is 5.52 Å². The van der Waals surface area contributed by atoms with E-state index in [2.05, 4.69) is 21.3 Å². The Morgan fingerprint density at radius 1 is 1.11 bits per heavy atom. The Morgan fingerprint density at radius 2 is 1.89 bits per heavy atom. The van der Waals surface area contributed by atoms with Gasteiger partial charge in [-0.1, -0.05) is 12.1 Å². The van der Waals surface area contributed by atoms with E-state index in [1.807, 2.05) is 41.3 Å². The lowest BCUT2D eigenvalue weighted by Gasteiger charge is -2.42. The van der Waals surface area contributed by atoms with Crippen molar-refractivity contribution in [3.63, 3.8) is 0 Å². The number of aromatic nitrogens is 2. The van der Waals surface area contributed by atoms with E-state index in [-0.39, 0.29) is 23.1 Å². The van der Waals surface area contributed by atoms with Gasteiger partial charge in [0, 0.05) is 37.0 Å². The normalized spacial score (nSPS) is 18.7. The zero-order chi connectivity index (χ0) is 24.3. The summed E-state index contributed by atoms with van der Waals surface area (Å²) >= 11 is 0. The number of nitrogens with zero attached hydrogens (tertiary/aromatic N) is 5. The summed E-state index contributed by atoms with van der Waals surface area (Å²) in [5, 5.41) is 13.4. The molecule has 2 aliphatic heterocycles. The van der Waals surface area contributed by atoms with Crippen LogP contribution >= 0.6 is 0 Å². The van der Waals surface area contributed by atoms with Gasteiger partial charge in [-0.2, -0.15) is 5.26 Å². The van der Waals surface area contributed by atoms with E-state index in [9.17, 15) is 14.9 Å². The molecule has 2 fully saturated rings. The highest BCUT2D eigenvalue weighted by molar-refractivity contribution is 5.94. The third-order valence-corrected chi connectivity index (χ3v) is 7.43. The summed E-state index contributed by atoms with van der Waals surface area (Å²) in [4.78, 5) is 35.5. The number of rotatable bonds is 5. The molecular weight excluding hydrogens is 440 g/mol. The molecule has 5 heterocycles. The third-order valence-electron chi connectivity index (χ3n) is 7.43. The van der Waals surface area contributed by atoms with Gasteiger partial charge in [-0.05, 0) is 75.2 Å². The number of fused-ring (bicyclic) bond motifs is 1. The molecule has 1 N–H and O–H groups in total. The first kappa shape index (κ1) is 23.2. The maximum atomic E-state index is 13.8. The van der Waals surface area contributed by atoms with Gasteiger partial charge in [-0.15, -0.1) is 0 Å². The highest BCUT2D eigenvalue weighted by Gasteiger charge is 2.39. The molecule has 180 valence electrons. The molecule has 0 bridgehead atoms. The van der Waals surface area contributed by atoms with Crippen LogP contribution in [-0.4, -0.2) is 64.0 Å². The first-order chi connectivity index (χ1) is 17.1. The fourth-order valence-electron chi connectivity index (χ4n) is 5.29. The summed E-state index contributed by atoms with van der Waals surface area (Å²) < 4.78 is 1.53. The zero-order valence-electron chi connectivity index (χ0n) is 19.8. The van der Waals surface area contributed by atoms with Gasteiger partial charge in [0.25, 0.3) is 11.5 Å². The van der Waals surface area contributed by atoms with Gasteiger partial charge in [0.2, 0.25) is 0 Å². The second kappa shape index (κ2) is 9.98. The Hall–Kier alpha value is -3.54. The Bertz CT molecular complexity index is 1280. The van der Waals surface area contributed by atoms with Crippen LogP contribution in [0.15, 0.2) is 65.7 Å². The second-order valence-corrected chi connectivity index (χ2v) is 9.47. The molecule has 0 unspecified atom stereocenters. The molecule has 1 amide bonds. The number of nitriles is 1. The molecule has 2 aliphatic rings. The second-order valence-electron chi connectivity index (χ2n) is 9.47.